The van der Waals surface area contributed by atoms with Gasteiger partial charge in [-0.3, -0.25) is 4.99 Å². The molecule has 0 amide bonds. The summed E-state index contributed by atoms with van der Waals surface area (Å²) in [6.07, 6.45) is 1.47. The molecule has 98 valence electrons. The van der Waals surface area contributed by atoms with Gasteiger partial charge < -0.3 is 4.74 Å². The normalized spacial score (nSPS) is 11.2. The molecule has 0 aliphatic carbocycles. The highest BCUT2D eigenvalue weighted by molar-refractivity contribution is 6.30. The van der Waals surface area contributed by atoms with E-state index in [1.54, 1.807) is 42.5 Å². The number of alkyl halides is 2. The fourth-order valence-electron chi connectivity index (χ4n) is 1.46. The van der Waals surface area contributed by atoms with Crippen LogP contribution in [0.15, 0.2) is 53.5 Å². The Morgan fingerprint density at radius 3 is 2.42 bits per heavy atom. The molecule has 0 atom stereocenters. The van der Waals surface area contributed by atoms with Gasteiger partial charge in [-0.15, -0.1) is 0 Å². The monoisotopic (exact) mass is 281 g/mol. The number of aliphatic imine (C=N–C) groups is 1. The average molecular weight is 282 g/mol. The first kappa shape index (κ1) is 13.5. The molecule has 0 fully saturated rings. The van der Waals surface area contributed by atoms with E-state index in [0.29, 0.717) is 16.3 Å². The van der Waals surface area contributed by atoms with Gasteiger partial charge in [-0.05, 0) is 36.4 Å². The minimum Gasteiger partial charge on any atom is -0.434 e. The van der Waals surface area contributed by atoms with Crippen molar-refractivity contribution in [3.05, 3.63) is 59.1 Å². The molecule has 0 bridgehead atoms. The molecule has 5 heteroatoms. The van der Waals surface area contributed by atoms with E-state index < -0.39 is 6.61 Å². The van der Waals surface area contributed by atoms with Crippen LogP contribution in [0.4, 0.5) is 14.5 Å². The van der Waals surface area contributed by atoms with Crippen molar-refractivity contribution in [3.63, 3.8) is 0 Å². The van der Waals surface area contributed by atoms with Crippen molar-refractivity contribution >= 4 is 23.5 Å². The molecule has 0 saturated carbocycles. The molecule has 0 heterocycles. The maximum atomic E-state index is 12.2. The molecule has 2 nitrogen and oxygen atoms in total. The summed E-state index contributed by atoms with van der Waals surface area (Å²) in [4.78, 5) is 4.18. The third kappa shape index (κ3) is 4.03. The van der Waals surface area contributed by atoms with E-state index in [0.717, 1.165) is 0 Å². The average Bonchev–Trinajstić information content (AvgIpc) is 2.39. The Morgan fingerprint density at radius 2 is 1.74 bits per heavy atom. The molecule has 0 aromatic heterocycles. The second kappa shape index (κ2) is 6.29. The van der Waals surface area contributed by atoms with Crippen molar-refractivity contribution < 1.29 is 13.5 Å². The Balaban J connectivity index is 2.20. The Hall–Kier alpha value is -1.94. The number of benzene rings is 2. The van der Waals surface area contributed by atoms with E-state index in [9.17, 15) is 8.78 Å². The first-order valence-electron chi connectivity index (χ1n) is 5.48. The van der Waals surface area contributed by atoms with Gasteiger partial charge in [-0.1, -0.05) is 23.7 Å². The van der Waals surface area contributed by atoms with Gasteiger partial charge in [0.1, 0.15) is 5.75 Å². The lowest BCUT2D eigenvalue weighted by atomic mass is 10.2. The number of hydrogen-bond donors (Lipinski definition) is 0. The van der Waals surface area contributed by atoms with E-state index in [1.165, 1.54) is 12.3 Å². The maximum absolute atomic E-state index is 12.2. The van der Waals surface area contributed by atoms with Crippen LogP contribution in [-0.4, -0.2) is 12.8 Å². The van der Waals surface area contributed by atoms with Gasteiger partial charge in [-0.2, -0.15) is 8.78 Å². The third-order valence-corrected chi connectivity index (χ3v) is 2.57. The molecule has 0 saturated heterocycles. The molecule has 2 rings (SSSR count). The number of nitrogens with zero attached hydrogens (tertiary/aromatic N) is 1. The topological polar surface area (TPSA) is 21.6 Å². The van der Waals surface area contributed by atoms with E-state index in [1.807, 2.05) is 0 Å². The van der Waals surface area contributed by atoms with Crippen LogP contribution in [0, 0.1) is 0 Å². The zero-order valence-electron chi connectivity index (χ0n) is 9.76. The van der Waals surface area contributed by atoms with Crippen LogP contribution < -0.4 is 4.74 Å². The first-order valence-corrected chi connectivity index (χ1v) is 5.86. The third-order valence-electron chi connectivity index (χ3n) is 2.31. The molecule has 0 N–H and O–H groups in total. The van der Waals surface area contributed by atoms with Crippen LogP contribution in [0.1, 0.15) is 5.56 Å². The molecule has 0 aliphatic heterocycles. The highest BCUT2D eigenvalue weighted by Gasteiger charge is 2.07. The minimum atomic E-state index is -2.86. The van der Waals surface area contributed by atoms with Crippen LogP contribution in [0.5, 0.6) is 5.75 Å². The fraction of sp³-hybridized carbons (Fsp3) is 0.0714. The van der Waals surface area contributed by atoms with Gasteiger partial charge in [0.25, 0.3) is 0 Å². The maximum Gasteiger partial charge on any atom is 0.387 e. The summed E-state index contributed by atoms with van der Waals surface area (Å²) >= 11 is 5.76. The van der Waals surface area contributed by atoms with E-state index in [2.05, 4.69) is 9.73 Å². The molecule has 0 spiro atoms. The summed E-state index contributed by atoms with van der Waals surface area (Å²) in [6, 6.07) is 13.3. The van der Waals surface area contributed by atoms with Crippen molar-refractivity contribution in [1.82, 2.24) is 0 Å². The molecular weight excluding hydrogens is 272 g/mol. The van der Waals surface area contributed by atoms with E-state index in [4.69, 9.17) is 11.6 Å². The van der Waals surface area contributed by atoms with Gasteiger partial charge in [0.2, 0.25) is 0 Å². The number of ether oxygens (including phenoxy) is 1. The van der Waals surface area contributed by atoms with Crippen molar-refractivity contribution in [3.8, 4) is 5.75 Å². The second-order valence-corrected chi connectivity index (χ2v) is 4.09. The summed E-state index contributed by atoms with van der Waals surface area (Å²) in [5.74, 6) is 0.0928. The quantitative estimate of drug-likeness (QED) is 0.745. The fourth-order valence-corrected chi connectivity index (χ4v) is 1.59. The minimum absolute atomic E-state index is 0.0928. The van der Waals surface area contributed by atoms with Crippen LogP contribution in [0.3, 0.4) is 0 Å². The van der Waals surface area contributed by atoms with Crippen LogP contribution in [0.25, 0.3) is 0 Å². The van der Waals surface area contributed by atoms with Gasteiger partial charge in [0.05, 0.1) is 5.69 Å². The SMILES string of the molecule is FC(F)Oc1ccccc1C=Nc1ccc(Cl)cc1. The van der Waals surface area contributed by atoms with Gasteiger partial charge in [-0.25, -0.2) is 0 Å². The van der Waals surface area contributed by atoms with Crippen LogP contribution in [0.2, 0.25) is 5.02 Å². The zero-order valence-corrected chi connectivity index (χ0v) is 10.5. The van der Waals surface area contributed by atoms with Crippen LogP contribution >= 0.6 is 11.6 Å². The highest BCUT2D eigenvalue weighted by atomic mass is 35.5. The van der Waals surface area contributed by atoms with Crippen molar-refractivity contribution in [1.29, 1.82) is 0 Å². The number of hydrogen-bond acceptors (Lipinski definition) is 2. The summed E-state index contributed by atoms with van der Waals surface area (Å²) in [5, 5.41) is 0.611. The standard InChI is InChI=1S/C14H10ClF2NO/c15-11-5-7-12(8-6-11)18-9-10-3-1-2-4-13(10)19-14(16)17/h1-9,14H. The molecule has 0 unspecified atom stereocenters. The number of para-hydroxylation sites is 1. The summed E-state index contributed by atoms with van der Waals surface area (Å²) < 4.78 is 28.9. The van der Waals surface area contributed by atoms with Crippen molar-refractivity contribution in [2.45, 2.75) is 6.61 Å². The Kier molecular flexibility index (Phi) is 4.47. The Bertz CT molecular complexity index is 570. The van der Waals surface area contributed by atoms with Crippen molar-refractivity contribution in [2.24, 2.45) is 4.99 Å². The van der Waals surface area contributed by atoms with Gasteiger partial charge in [0.15, 0.2) is 0 Å². The predicted molar refractivity (Wildman–Crippen MR) is 71.8 cm³/mol. The molecule has 0 radical (unpaired) electrons. The predicted octanol–water partition coefficient (Wildman–Crippen LogP) is 4.69. The first-order chi connectivity index (χ1) is 9.15. The molecular formula is C14H10ClF2NO. The largest absolute Gasteiger partial charge is 0.434 e. The highest BCUT2D eigenvalue weighted by Crippen LogP contribution is 2.20. The Morgan fingerprint density at radius 1 is 1.05 bits per heavy atom. The number of rotatable bonds is 4. The lowest BCUT2D eigenvalue weighted by Crippen LogP contribution is -2.03. The van der Waals surface area contributed by atoms with Crippen molar-refractivity contribution in [2.75, 3.05) is 0 Å². The molecule has 19 heavy (non-hydrogen) atoms. The number of halogens is 3. The van der Waals surface area contributed by atoms with Crippen LogP contribution in [-0.2, 0) is 0 Å². The van der Waals surface area contributed by atoms with E-state index >= 15 is 0 Å². The molecule has 0 aliphatic rings. The van der Waals surface area contributed by atoms with Gasteiger partial charge in [0, 0.05) is 16.8 Å². The second-order valence-electron chi connectivity index (χ2n) is 3.65. The Labute approximate surface area is 114 Å². The molecule has 2 aromatic rings. The lowest BCUT2D eigenvalue weighted by Gasteiger charge is -2.06. The zero-order chi connectivity index (χ0) is 13.7. The van der Waals surface area contributed by atoms with Gasteiger partial charge >= 0.3 is 6.61 Å². The smallest absolute Gasteiger partial charge is 0.387 e. The summed E-state index contributed by atoms with van der Waals surface area (Å²) in [7, 11) is 0. The summed E-state index contributed by atoms with van der Waals surface area (Å²) in [6.45, 7) is -2.86. The van der Waals surface area contributed by atoms with E-state index in [-0.39, 0.29) is 5.75 Å². The summed E-state index contributed by atoms with van der Waals surface area (Å²) in [5.41, 5.74) is 1.16. The molecule has 2 aromatic carbocycles. The lowest BCUT2D eigenvalue weighted by molar-refractivity contribution is -0.0499.